The summed E-state index contributed by atoms with van der Waals surface area (Å²) in [6.45, 7) is 4.77. The molecule has 1 aromatic heterocycles. The van der Waals surface area contributed by atoms with Gasteiger partial charge < -0.3 is 4.90 Å². The minimum atomic E-state index is 0.196. The van der Waals surface area contributed by atoms with Crippen molar-refractivity contribution in [2.75, 3.05) is 7.05 Å². The summed E-state index contributed by atoms with van der Waals surface area (Å²) in [6.07, 6.45) is 4.10. The highest BCUT2D eigenvalue weighted by Crippen LogP contribution is 2.06. The first-order chi connectivity index (χ1) is 7.09. The van der Waals surface area contributed by atoms with Gasteiger partial charge in [0.1, 0.15) is 0 Å². The second-order valence-corrected chi connectivity index (χ2v) is 4.20. The van der Waals surface area contributed by atoms with Crippen molar-refractivity contribution >= 4 is 5.91 Å². The Morgan fingerprint density at radius 1 is 1.40 bits per heavy atom. The molecule has 1 amide bonds. The molecule has 0 atom stereocenters. The second-order valence-electron chi connectivity index (χ2n) is 4.20. The number of carbonyl (C=O) groups is 1. The van der Waals surface area contributed by atoms with Gasteiger partial charge in [-0.3, -0.25) is 9.78 Å². The van der Waals surface area contributed by atoms with Crippen LogP contribution in [0.1, 0.15) is 25.8 Å². The third kappa shape index (κ3) is 4.11. The fourth-order valence-electron chi connectivity index (χ4n) is 1.36. The summed E-state index contributed by atoms with van der Waals surface area (Å²) in [6, 6.07) is 3.86. The molecule has 15 heavy (non-hydrogen) atoms. The lowest BCUT2D eigenvalue weighted by atomic mass is 10.1. The van der Waals surface area contributed by atoms with Crippen LogP contribution in [0.4, 0.5) is 0 Å². The lowest BCUT2D eigenvalue weighted by molar-refractivity contribution is -0.131. The topological polar surface area (TPSA) is 33.2 Å². The van der Waals surface area contributed by atoms with Gasteiger partial charge in [0.15, 0.2) is 0 Å². The Bertz CT molecular complexity index is 309. The van der Waals surface area contributed by atoms with Crippen LogP contribution in [-0.2, 0) is 11.3 Å². The van der Waals surface area contributed by atoms with E-state index in [0.717, 1.165) is 5.56 Å². The molecule has 0 N–H and O–H groups in total. The molecule has 0 unspecified atom stereocenters. The van der Waals surface area contributed by atoms with Crippen molar-refractivity contribution in [3.05, 3.63) is 30.1 Å². The van der Waals surface area contributed by atoms with Crippen LogP contribution in [0, 0.1) is 5.92 Å². The van der Waals surface area contributed by atoms with Gasteiger partial charge in [-0.1, -0.05) is 13.8 Å². The Morgan fingerprint density at radius 2 is 2.00 bits per heavy atom. The maximum Gasteiger partial charge on any atom is 0.222 e. The third-order valence-corrected chi connectivity index (χ3v) is 2.18. The van der Waals surface area contributed by atoms with Crippen molar-refractivity contribution in [1.82, 2.24) is 9.88 Å². The maximum absolute atomic E-state index is 11.7. The van der Waals surface area contributed by atoms with Gasteiger partial charge in [0.2, 0.25) is 5.91 Å². The molecule has 0 saturated heterocycles. The molecule has 0 saturated carbocycles. The molecule has 82 valence electrons. The first-order valence-electron chi connectivity index (χ1n) is 5.22. The molecule has 3 nitrogen and oxygen atoms in total. The molecule has 1 aromatic rings. The molecule has 0 aliphatic carbocycles. The van der Waals surface area contributed by atoms with Crippen molar-refractivity contribution < 1.29 is 4.79 Å². The first kappa shape index (κ1) is 11.7. The van der Waals surface area contributed by atoms with E-state index in [-0.39, 0.29) is 5.91 Å². The van der Waals surface area contributed by atoms with Gasteiger partial charge >= 0.3 is 0 Å². The molecular weight excluding hydrogens is 188 g/mol. The van der Waals surface area contributed by atoms with Crippen LogP contribution in [-0.4, -0.2) is 22.8 Å². The molecule has 0 aromatic carbocycles. The second kappa shape index (κ2) is 5.49. The van der Waals surface area contributed by atoms with Gasteiger partial charge in [-0.15, -0.1) is 0 Å². The van der Waals surface area contributed by atoms with Crippen LogP contribution in [0.2, 0.25) is 0 Å². The van der Waals surface area contributed by atoms with E-state index in [1.54, 1.807) is 17.3 Å². The molecular formula is C12H18N2O. The summed E-state index contributed by atoms with van der Waals surface area (Å²) < 4.78 is 0. The largest absolute Gasteiger partial charge is 0.341 e. The quantitative estimate of drug-likeness (QED) is 0.755. The summed E-state index contributed by atoms with van der Waals surface area (Å²) in [5.41, 5.74) is 1.12. The minimum absolute atomic E-state index is 0.196. The normalized spacial score (nSPS) is 10.4. The Kier molecular flexibility index (Phi) is 4.28. The van der Waals surface area contributed by atoms with Gasteiger partial charge in [-0.05, 0) is 23.6 Å². The van der Waals surface area contributed by atoms with Gasteiger partial charge in [-0.25, -0.2) is 0 Å². The van der Waals surface area contributed by atoms with Crippen molar-refractivity contribution in [3.63, 3.8) is 0 Å². The monoisotopic (exact) mass is 206 g/mol. The number of hydrogen-bond acceptors (Lipinski definition) is 2. The Labute approximate surface area is 91.1 Å². The van der Waals surface area contributed by atoms with Crippen molar-refractivity contribution in [2.24, 2.45) is 5.92 Å². The first-order valence-corrected chi connectivity index (χ1v) is 5.22. The predicted octanol–water partition coefficient (Wildman–Crippen LogP) is 2.09. The summed E-state index contributed by atoms with van der Waals surface area (Å²) in [5.74, 6) is 0.610. The molecule has 0 aliphatic rings. The van der Waals surface area contributed by atoms with Gasteiger partial charge in [0, 0.05) is 32.4 Å². The SMILES string of the molecule is CC(C)CC(=O)N(C)Cc1ccncc1. The van der Waals surface area contributed by atoms with Crippen LogP contribution in [0.5, 0.6) is 0 Å². The van der Waals surface area contributed by atoms with Crippen molar-refractivity contribution in [2.45, 2.75) is 26.8 Å². The fraction of sp³-hybridized carbons (Fsp3) is 0.500. The van der Waals surface area contributed by atoms with E-state index in [4.69, 9.17) is 0 Å². The van der Waals surface area contributed by atoms with Crippen molar-refractivity contribution in [3.8, 4) is 0 Å². The van der Waals surface area contributed by atoms with Crippen LogP contribution >= 0.6 is 0 Å². The van der Waals surface area contributed by atoms with Gasteiger partial charge in [0.25, 0.3) is 0 Å². The number of aromatic nitrogens is 1. The molecule has 0 bridgehead atoms. The standard InChI is InChI=1S/C12H18N2O/c1-10(2)8-12(15)14(3)9-11-4-6-13-7-5-11/h4-7,10H,8-9H2,1-3H3. The summed E-state index contributed by atoms with van der Waals surface area (Å²) in [4.78, 5) is 17.4. The highest BCUT2D eigenvalue weighted by molar-refractivity contribution is 5.76. The third-order valence-electron chi connectivity index (χ3n) is 2.18. The van der Waals surface area contributed by atoms with E-state index >= 15 is 0 Å². The highest BCUT2D eigenvalue weighted by Gasteiger charge is 2.10. The van der Waals surface area contributed by atoms with E-state index in [1.165, 1.54) is 0 Å². The van der Waals surface area contributed by atoms with Crippen LogP contribution in [0.15, 0.2) is 24.5 Å². The van der Waals surface area contributed by atoms with Gasteiger partial charge in [0.05, 0.1) is 0 Å². The zero-order valence-electron chi connectivity index (χ0n) is 9.60. The lowest BCUT2D eigenvalue weighted by Gasteiger charge is -2.18. The molecule has 0 aliphatic heterocycles. The Balaban J connectivity index is 2.49. The average Bonchev–Trinajstić information content (AvgIpc) is 2.18. The number of carbonyl (C=O) groups excluding carboxylic acids is 1. The van der Waals surface area contributed by atoms with E-state index < -0.39 is 0 Å². The summed E-state index contributed by atoms with van der Waals surface area (Å²) >= 11 is 0. The molecule has 0 radical (unpaired) electrons. The van der Waals surface area contributed by atoms with E-state index in [2.05, 4.69) is 18.8 Å². The van der Waals surface area contributed by atoms with Crippen molar-refractivity contribution in [1.29, 1.82) is 0 Å². The van der Waals surface area contributed by atoms with Gasteiger partial charge in [-0.2, -0.15) is 0 Å². The van der Waals surface area contributed by atoms with E-state index in [9.17, 15) is 4.79 Å². The average molecular weight is 206 g/mol. The van der Waals surface area contributed by atoms with E-state index in [0.29, 0.717) is 18.9 Å². The number of amides is 1. The van der Waals surface area contributed by atoms with Crippen LogP contribution in [0.3, 0.4) is 0 Å². The fourth-order valence-corrected chi connectivity index (χ4v) is 1.36. The maximum atomic E-state index is 11.7. The smallest absolute Gasteiger partial charge is 0.222 e. The molecule has 3 heteroatoms. The highest BCUT2D eigenvalue weighted by atomic mass is 16.2. The molecule has 1 rings (SSSR count). The Hall–Kier alpha value is -1.38. The van der Waals surface area contributed by atoms with Crippen LogP contribution in [0.25, 0.3) is 0 Å². The summed E-state index contributed by atoms with van der Waals surface area (Å²) in [5, 5.41) is 0. The minimum Gasteiger partial charge on any atom is -0.341 e. The number of hydrogen-bond donors (Lipinski definition) is 0. The predicted molar refractivity (Wildman–Crippen MR) is 60.2 cm³/mol. The number of rotatable bonds is 4. The lowest BCUT2D eigenvalue weighted by Crippen LogP contribution is -2.27. The molecule has 0 fully saturated rings. The summed E-state index contributed by atoms with van der Waals surface area (Å²) in [7, 11) is 1.84. The number of nitrogens with zero attached hydrogens (tertiary/aromatic N) is 2. The van der Waals surface area contributed by atoms with E-state index in [1.807, 2.05) is 19.2 Å². The number of pyridine rings is 1. The van der Waals surface area contributed by atoms with Crippen LogP contribution < -0.4 is 0 Å². The Morgan fingerprint density at radius 3 is 2.53 bits per heavy atom. The molecule has 1 heterocycles. The zero-order chi connectivity index (χ0) is 11.3. The molecule has 0 spiro atoms. The zero-order valence-corrected chi connectivity index (χ0v) is 9.60.